The van der Waals surface area contributed by atoms with Crippen LogP contribution in [0.15, 0.2) is 41.5 Å². The van der Waals surface area contributed by atoms with Crippen molar-refractivity contribution in [2.24, 2.45) is 5.10 Å². The molecule has 0 atom stereocenters. The van der Waals surface area contributed by atoms with Crippen LogP contribution in [0.2, 0.25) is 0 Å². The van der Waals surface area contributed by atoms with Crippen LogP contribution < -0.4 is 16.9 Å². The number of hydrogen-bond acceptors (Lipinski definition) is 6. The highest BCUT2D eigenvalue weighted by atomic mass is 16.5. The van der Waals surface area contributed by atoms with Crippen molar-refractivity contribution >= 4 is 23.5 Å². The van der Waals surface area contributed by atoms with E-state index >= 15 is 0 Å². The Morgan fingerprint density at radius 3 is 2.40 bits per heavy atom. The van der Waals surface area contributed by atoms with Crippen LogP contribution in [-0.2, 0) is 22.7 Å². The summed E-state index contributed by atoms with van der Waals surface area (Å²) in [4.78, 5) is 12.3. The van der Waals surface area contributed by atoms with Gasteiger partial charge in [-0.1, -0.05) is 6.07 Å². The lowest BCUT2D eigenvalue weighted by Gasteiger charge is -2.09. The van der Waals surface area contributed by atoms with Gasteiger partial charge in [0.05, 0.1) is 19.4 Å². The summed E-state index contributed by atoms with van der Waals surface area (Å²) >= 11 is 0. The molecule has 0 saturated carbocycles. The van der Waals surface area contributed by atoms with Gasteiger partial charge < -0.3 is 20.9 Å². The summed E-state index contributed by atoms with van der Waals surface area (Å²) in [6, 6.07) is 10.4. The third-order valence-electron chi connectivity index (χ3n) is 3.51. The van der Waals surface area contributed by atoms with Gasteiger partial charge >= 0.3 is 0 Å². The highest BCUT2D eigenvalue weighted by molar-refractivity contribution is 5.96. The Hall–Kier alpha value is -2.90. The number of nitrogens with two attached hydrogens (primary N) is 2. The Morgan fingerprint density at radius 2 is 1.68 bits per heavy atom. The molecule has 5 N–H and O–H groups in total. The maximum atomic E-state index is 12.3. The molecule has 2 rings (SSSR count). The zero-order chi connectivity index (χ0) is 18.2. The number of ether oxygens (including phenoxy) is 2. The normalized spacial score (nSPS) is 11.0. The zero-order valence-electron chi connectivity index (χ0n) is 14.3. The lowest BCUT2D eigenvalue weighted by molar-refractivity contribution is 0.0950. The molecule has 0 fully saturated rings. The molecule has 0 saturated heterocycles. The second kappa shape index (κ2) is 8.81. The summed E-state index contributed by atoms with van der Waals surface area (Å²) in [6.45, 7) is 0.705. The van der Waals surface area contributed by atoms with E-state index in [-0.39, 0.29) is 12.5 Å². The first-order valence-corrected chi connectivity index (χ1v) is 7.63. The van der Waals surface area contributed by atoms with Crippen molar-refractivity contribution in [1.29, 1.82) is 0 Å². The maximum Gasteiger partial charge on any atom is 0.271 e. The molecule has 7 heteroatoms. The van der Waals surface area contributed by atoms with Crippen LogP contribution in [-0.4, -0.2) is 26.3 Å². The van der Waals surface area contributed by atoms with Gasteiger partial charge in [-0.05, 0) is 41.5 Å². The Balaban J connectivity index is 2.15. The van der Waals surface area contributed by atoms with Crippen LogP contribution in [0.3, 0.4) is 0 Å². The van der Waals surface area contributed by atoms with Gasteiger partial charge in [-0.2, -0.15) is 5.10 Å². The van der Waals surface area contributed by atoms with Crippen molar-refractivity contribution in [1.82, 2.24) is 5.43 Å². The topological polar surface area (TPSA) is 112 Å². The standard InChI is InChI=1S/C18H22N4O3/c1-24-10-12-3-4-15(19)7-13(12)9-21-22-18(23)17-6-5-16(20)8-14(17)11-25-2/h3-9H,10-11,19-20H2,1-2H3,(H,22,23)/b21-9+. The van der Waals surface area contributed by atoms with Gasteiger partial charge in [0.15, 0.2) is 0 Å². The minimum absolute atomic E-state index is 0.282. The number of benzene rings is 2. The average Bonchev–Trinajstić information content (AvgIpc) is 2.57. The average molecular weight is 342 g/mol. The highest BCUT2D eigenvalue weighted by Crippen LogP contribution is 2.15. The second-order valence-electron chi connectivity index (χ2n) is 5.44. The van der Waals surface area contributed by atoms with Gasteiger partial charge in [0.25, 0.3) is 5.91 Å². The number of carbonyl (C=O) groups excluding carboxylic acids is 1. The molecule has 2 aromatic rings. The third-order valence-corrected chi connectivity index (χ3v) is 3.51. The fourth-order valence-corrected chi connectivity index (χ4v) is 2.35. The number of nitrogen functional groups attached to an aromatic ring is 2. The Labute approximate surface area is 146 Å². The molecule has 0 unspecified atom stereocenters. The molecule has 7 nitrogen and oxygen atoms in total. The van der Waals surface area contributed by atoms with Crippen molar-refractivity contribution in [3.05, 3.63) is 58.7 Å². The van der Waals surface area contributed by atoms with Crippen LogP contribution in [0.4, 0.5) is 11.4 Å². The summed E-state index contributed by atoms with van der Waals surface area (Å²) in [5.41, 5.74) is 18.1. The van der Waals surface area contributed by atoms with Gasteiger partial charge in [0, 0.05) is 36.7 Å². The predicted molar refractivity (Wildman–Crippen MR) is 98.2 cm³/mol. The van der Waals surface area contributed by atoms with Gasteiger partial charge in [-0.15, -0.1) is 0 Å². The molecule has 1 amide bonds. The number of rotatable bonds is 7. The maximum absolute atomic E-state index is 12.3. The minimum Gasteiger partial charge on any atom is -0.399 e. The molecule has 0 radical (unpaired) electrons. The zero-order valence-corrected chi connectivity index (χ0v) is 14.3. The van der Waals surface area contributed by atoms with Crippen LogP contribution in [0, 0.1) is 0 Å². The van der Waals surface area contributed by atoms with Crippen molar-refractivity contribution < 1.29 is 14.3 Å². The van der Waals surface area contributed by atoms with Crippen molar-refractivity contribution in [3.63, 3.8) is 0 Å². The molecule has 0 aliphatic carbocycles. The first kappa shape index (κ1) is 18.4. The molecule has 0 aliphatic heterocycles. The van der Waals surface area contributed by atoms with E-state index in [1.807, 2.05) is 6.07 Å². The van der Waals surface area contributed by atoms with E-state index in [2.05, 4.69) is 10.5 Å². The summed E-state index contributed by atoms with van der Waals surface area (Å²) in [7, 11) is 3.16. The quantitative estimate of drug-likeness (QED) is 0.404. The number of amides is 1. The second-order valence-corrected chi connectivity index (χ2v) is 5.44. The summed E-state index contributed by atoms with van der Waals surface area (Å²) in [6.07, 6.45) is 1.54. The van der Waals surface area contributed by atoms with E-state index in [0.717, 1.165) is 11.1 Å². The van der Waals surface area contributed by atoms with Gasteiger partial charge in [0.1, 0.15) is 0 Å². The van der Waals surface area contributed by atoms with Crippen LogP contribution >= 0.6 is 0 Å². The molecule has 0 bridgehead atoms. The van der Waals surface area contributed by atoms with Crippen molar-refractivity contribution in [2.45, 2.75) is 13.2 Å². The number of nitrogens with zero attached hydrogens (tertiary/aromatic N) is 1. The smallest absolute Gasteiger partial charge is 0.271 e. The van der Waals surface area contributed by atoms with E-state index in [4.69, 9.17) is 20.9 Å². The van der Waals surface area contributed by atoms with Crippen molar-refractivity contribution in [2.75, 3.05) is 25.7 Å². The third kappa shape index (κ3) is 5.03. The fraction of sp³-hybridized carbons (Fsp3) is 0.222. The molecule has 2 aromatic carbocycles. The van der Waals surface area contributed by atoms with E-state index < -0.39 is 0 Å². The number of nitrogens with one attached hydrogen (secondary N) is 1. The van der Waals surface area contributed by atoms with Gasteiger partial charge in [-0.25, -0.2) is 5.43 Å². The van der Waals surface area contributed by atoms with Crippen LogP contribution in [0.5, 0.6) is 0 Å². The highest BCUT2D eigenvalue weighted by Gasteiger charge is 2.11. The summed E-state index contributed by atoms with van der Waals surface area (Å²) in [5.74, 6) is -0.347. The largest absolute Gasteiger partial charge is 0.399 e. The number of hydrogen-bond donors (Lipinski definition) is 3. The Morgan fingerprint density at radius 1 is 1.04 bits per heavy atom. The predicted octanol–water partition coefficient (Wildman–Crippen LogP) is 1.91. The first-order valence-electron chi connectivity index (χ1n) is 7.63. The van der Waals surface area contributed by atoms with E-state index in [9.17, 15) is 4.79 Å². The molecule has 0 aliphatic rings. The molecule has 0 heterocycles. The first-order chi connectivity index (χ1) is 12.0. The number of hydrazone groups is 1. The Kier molecular flexibility index (Phi) is 6.50. The minimum atomic E-state index is -0.347. The summed E-state index contributed by atoms with van der Waals surface area (Å²) in [5, 5.41) is 4.02. The summed E-state index contributed by atoms with van der Waals surface area (Å²) < 4.78 is 10.2. The van der Waals surface area contributed by atoms with E-state index in [1.165, 1.54) is 6.21 Å². The van der Waals surface area contributed by atoms with Crippen molar-refractivity contribution in [3.8, 4) is 0 Å². The fourth-order valence-electron chi connectivity index (χ4n) is 2.35. The van der Waals surface area contributed by atoms with E-state index in [0.29, 0.717) is 29.1 Å². The number of carbonyl (C=O) groups is 1. The molecular weight excluding hydrogens is 320 g/mol. The van der Waals surface area contributed by atoms with Gasteiger partial charge in [-0.3, -0.25) is 4.79 Å². The molecule has 0 aromatic heterocycles. The monoisotopic (exact) mass is 342 g/mol. The van der Waals surface area contributed by atoms with E-state index in [1.54, 1.807) is 44.6 Å². The lowest BCUT2D eigenvalue weighted by atomic mass is 10.1. The molecular formula is C18H22N4O3. The number of methoxy groups -OCH3 is 2. The lowest BCUT2D eigenvalue weighted by Crippen LogP contribution is -2.20. The molecule has 0 spiro atoms. The molecule has 25 heavy (non-hydrogen) atoms. The van der Waals surface area contributed by atoms with Crippen LogP contribution in [0.25, 0.3) is 0 Å². The van der Waals surface area contributed by atoms with Crippen LogP contribution in [0.1, 0.15) is 27.0 Å². The number of anilines is 2. The Bertz CT molecular complexity index is 775. The molecule has 132 valence electrons. The van der Waals surface area contributed by atoms with Gasteiger partial charge in [0.2, 0.25) is 0 Å². The SMILES string of the molecule is COCc1ccc(N)cc1/C=N/NC(=O)c1ccc(N)cc1COC.